The Morgan fingerprint density at radius 1 is 1.35 bits per heavy atom. The van der Waals surface area contributed by atoms with Crippen LogP contribution >= 0.6 is 0 Å². The first-order chi connectivity index (χ1) is 10.9. The van der Waals surface area contributed by atoms with Gasteiger partial charge in [0.25, 0.3) is 0 Å². The minimum atomic E-state index is -0.724. The summed E-state index contributed by atoms with van der Waals surface area (Å²) in [5.74, 6) is -1.54. The van der Waals surface area contributed by atoms with Gasteiger partial charge in [-0.15, -0.1) is 0 Å². The van der Waals surface area contributed by atoms with Gasteiger partial charge in [-0.3, -0.25) is 24.5 Å². The lowest BCUT2D eigenvalue weighted by Crippen LogP contribution is -2.42. The predicted molar refractivity (Wildman–Crippen MR) is 82.9 cm³/mol. The number of imide groups is 1. The van der Waals surface area contributed by atoms with E-state index in [1.54, 1.807) is 29.7 Å². The lowest BCUT2D eigenvalue weighted by Gasteiger charge is -2.25. The number of hydrogen-bond acceptors (Lipinski definition) is 5. The van der Waals surface area contributed by atoms with Crippen molar-refractivity contribution in [2.75, 3.05) is 5.73 Å². The maximum atomic E-state index is 12.2. The molecule has 3 N–H and O–H groups in total. The average molecular weight is 313 g/mol. The number of anilines is 1. The fourth-order valence-electron chi connectivity index (χ4n) is 3.13. The molecular weight excluding hydrogens is 298 g/mol. The second-order valence-corrected chi connectivity index (χ2v) is 5.56. The molecular formula is C16H15N3O4. The molecule has 23 heavy (non-hydrogen) atoms. The summed E-state index contributed by atoms with van der Waals surface area (Å²) in [5, 5.41) is 3.55. The molecule has 118 valence electrons. The summed E-state index contributed by atoms with van der Waals surface area (Å²) in [5.41, 5.74) is 7.06. The second-order valence-electron chi connectivity index (χ2n) is 5.56. The van der Waals surface area contributed by atoms with Crippen molar-refractivity contribution in [2.24, 2.45) is 0 Å². The molecule has 1 saturated heterocycles. The first-order valence-electron chi connectivity index (χ1n) is 7.17. The standard InChI is InChI=1S/C16H15N3O4/c1-8-10-3-2-9(17)6-11(10)15(13(21)7-20)19(8)12-4-5-14(22)18-16(12)23/h2-3,6-7,12H,4-5,17H2,1H3,(H,18,22,23). The highest BCUT2D eigenvalue weighted by molar-refractivity contribution is 6.36. The Labute approximate surface area is 131 Å². The van der Waals surface area contributed by atoms with Gasteiger partial charge in [-0.1, -0.05) is 6.07 Å². The van der Waals surface area contributed by atoms with E-state index in [2.05, 4.69) is 5.32 Å². The molecule has 0 spiro atoms. The Morgan fingerprint density at radius 2 is 2.09 bits per heavy atom. The number of nitrogens with zero attached hydrogens (tertiary/aromatic N) is 1. The van der Waals surface area contributed by atoms with Crippen molar-refractivity contribution in [1.82, 2.24) is 9.88 Å². The molecule has 1 aliphatic rings. The Hall–Kier alpha value is -2.96. The minimum absolute atomic E-state index is 0.134. The molecule has 1 unspecified atom stereocenters. The smallest absolute Gasteiger partial charge is 0.249 e. The minimum Gasteiger partial charge on any atom is -0.399 e. The number of amides is 2. The molecule has 0 bridgehead atoms. The van der Waals surface area contributed by atoms with Crippen molar-refractivity contribution in [3.63, 3.8) is 0 Å². The number of nitrogen functional groups attached to an aromatic ring is 1. The van der Waals surface area contributed by atoms with E-state index in [4.69, 9.17) is 5.73 Å². The van der Waals surface area contributed by atoms with E-state index in [1.807, 2.05) is 0 Å². The molecule has 1 atom stereocenters. The van der Waals surface area contributed by atoms with Gasteiger partial charge in [0.05, 0.1) is 0 Å². The Balaban J connectivity index is 2.29. The number of aldehydes is 1. The molecule has 0 saturated carbocycles. The van der Waals surface area contributed by atoms with Gasteiger partial charge in [-0.25, -0.2) is 0 Å². The van der Waals surface area contributed by atoms with Crippen molar-refractivity contribution < 1.29 is 19.2 Å². The molecule has 1 aromatic carbocycles. The Morgan fingerprint density at radius 3 is 2.74 bits per heavy atom. The molecule has 2 heterocycles. The number of carbonyl (C=O) groups excluding carboxylic acids is 4. The van der Waals surface area contributed by atoms with Gasteiger partial charge in [0.1, 0.15) is 11.7 Å². The number of hydrogen-bond donors (Lipinski definition) is 2. The van der Waals surface area contributed by atoms with Gasteiger partial charge < -0.3 is 10.3 Å². The van der Waals surface area contributed by atoms with E-state index in [0.29, 0.717) is 16.8 Å². The summed E-state index contributed by atoms with van der Waals surface area (Å²) < 4.78 is 1.54. The topological polar surface area (TPSA) is 111 Å². The van der Waals surface area contributed by atoms with Gasteiger partial charge in [0, 0.05) is 28.6 Å². The molecule has 3 rings (SSSR count). The first-order valence-corrected chi connectivity index (χ1v) is 7.17. The number of aromatic nitrogens is 1. The van der Waals surface area contributed by atoms with Gasteiger partial charge in [0.15, 0.2) is 6.29 Å². The predicted octanol–water partition coefficient (Wildman–Crippen LogP) is 0.891. The van der Waals surface area contributed by atoms with E-state index >= 15 is 0 Å². The van der Waals surface area contributed by atoms with Crippen molar-refractivity contribution >= 4 is 40.3 Å². The van der Waals surface area contributed by atoms with E-state index in [-0.39, 0.29) is 30.7 Å². The molecule has 2 aromatic rings. The molecule has 0 aliphatic carbocycles. The van der Waals surface area contributed by atoms with Crippen LogP contribution in [0.1, 0.15) is 35.1 Å². The number of piperidine rings is 1. The van der Waals surface area contributed by atoms with Crippen LogP contribution in [0.15, 0.2) is 18.2 Å². The fourth-order valence-corrected chi connectivity index (χ4v) is 3.13. The van der Waals surface area contributed by atoms with Crippen LogP contribution in [-0.2, 0) is 14.4 Å². The van der Waals surface area contributed by atoms with Crippen molar-refractivity contribution in [1.29, 1.82) is 0 Å². The van der Waals surface area contributed by atoms with Crippen LogP contribution in [-0.4, -0.2) is 28.5 Å². The van der Waals surface area contributed by atoms with E-state index in [1.165, 1.54) is 0 Å². The molecule has 7 nitrogen and oxygen atoms in total. The molecule has 1 fully saturated rings. The van der Waals surface area contributed by atoms with Crippen LogP contribution in [0, 0.1) is 6.92 Å². The fraction of sp³-hybridized carbons (Fsp3) is 0.250. The average Bonchev–Trinajstić information content (AvgIpc) is 2.79. The molecule has 2 amide bonds. The number of nitrogens with two attached hydrogens (primary N) is 1. The lowest BCUT2D eigenvalue weighted by atomic mass is 10.0. The third-order valence-electron chi connectivity index (χ3n) is 4.15. The number of benzene rings is 1. The number of fused-ring (bicyclic) bond motifs is 1. The molecule has 7 heteroatoms. The van der Waals surface area contributed by atoms with Gasteiger partial charge >= 0.3 is 0 Å². The van der Waals surface area contributed by atoms with Gasteiger partial charge in [-0.2, -0.15) is 0 Å². The number of rotatable bonds is 3. The summed E-state index contributed by atoms with van der Waals surface area (Å²) in [4.78, 5) is 46.8. The SMILES string of the molecule is Cc1c2ccc(N)cc2c(C(=O)C=O)n1C1CCC(=O)NC1=O. The normalized spacial score (nSPS) is 18.0. The van der Waals surface area contributed by atoms with Crippen molar-refractivity contribution in [2.45, 2.75) is 25.8 Å². The van der Waals surface area contributed by atoms with Crippen LogP contribution in [0.2, 0.25) is 0 Å². The number of aryl methyl sites for hydroxylation is 1. The third kappa shape index (κ3) is 2.30. The van der Waals surface area contributed by atoms with Crippen LogP contribution in [0.4, 0.5) is 5.69 Å². The summed E-state index contributed by atoms with van der Waals surface area (Å²) in [6.07, 6.45) is 0.683. The number of carbonyl (C=O) groups is 4. The summed E-state index contributed by atoms with van der Waals surface area (Å²) in [7, 11) is 0. The molecule has 1 aromatic heterocycles. The first kappa shape index (κ1) is 15.0. The quantitative estimate of drug-likeness (QED) is 0.287. The monoisotopic (exact) mass is 313 g/mol. The molecule has 1 aliphatic heterocycles. The van der Waals surface area contributed by atoms with E-state index < -0.39 is 17.7 Å². The maximum Gasteiger partial charge on any atom is 0.249 e. The summed E-state index contributed by atoms with van der Waals surface area (Å²) in [6, 6.07) is 4.35. The highest BCUT2D eigenvalue weighted by Gasteiger charge is 2.33. The third-order valence-corrected chi connectivity index (χ3v) is 4.15. The summed E-state index contributed by atoms with van der Waals surface area (Å²) >= 11 is 0. The second kappa shape index (κ2) is 5.35. The zero-order valence-corrected chi connectivity index (χ0v) is 12.5. The van der Waals surface area contributed by atoms with Crippen LogP contribution in [0.3, 0.4) is 0 Å². The zero-order valence-electron chi connectivity index (χ0n) is 12.5. The van der Waals surface area contributed by atoms with Crippen LogP contribution in [0.5, 0.6) is 0 Å². The number of ketones is 1. The lowest BCUT2D eigenvalue weighted by molar-refractivity contribution is -0.135. The van der Waals surface area contributed by atoms with E-state index in [0.717, 1.165) is 5.39 Å². The highest BCUT2D eigenvalue weighted by atomic mass is 16.2. The van der Waals surface area contributed by atoms with Gasteiger partial charge in [0.2, 0.25) is 17.6 Å². The van der Waals surface area contributed by atoms with Crippen molar-refractivity contribution in [3.05, 3.63) is 29.6 Å². The highest BCUT2D eigenvalue weighted by Crippen LogP contribution is 2.33. The van der Waals surface area contributed by atoms with Crippen LogP contribution in [0.25, 0.3) is 10.8 Å². The largest absolute Gasteiger partial charge is 0.399 e. The number of nitrogens with one attached hydrogen (secondary N) is 1. The van der Waals surface area contributed by atoms with Crippen molar-refractivity contribution in [3.8, 4) is 0 Å². The molecule has 0 radical (unpaired) electrons. The van der Waals surface area contributed by atoms with Crippen LogP contribution < -0.4 is 11.1 Å². The zero-order chi connectivity index (χ0) is 16.7. The van der Waals surface area contributed by atoms with E-state index in [9.17, 15) is 19.2 Å². The summed E-state index contributed by atoms with van der Waals surface area (Å²) in [6.45, 7) is 1.77. The Kier molecular flexibility index (Phi) is 3.48. The van der Waals surface area contributed by atoms with Gasteiger partial charge in [-0.05, 0) is 25.5 Å². The number of Topliss-reactive ketones (excluding diaryl/α,β-unsaturated/α-hetero) is 1. The Bertz CT molecular complexity index is 866. The maximum absolute atomic E-state index is 12.2.